The molecule has 2 unspecified atom stereocenters. The SMILES string of the molecule is CCCCN(CCOC)C(=O)C(N)C(C)CC. The lowest BCUT2D eigenvalue weighted by Crippen LogP contribution is -2.48. The molecule has 0 fully saturated rings. The number of unbranched alkanes of at least 4 members (excludes halogenated alkanes) is 1. The molecule has 0 aromatic carbocycles. The van der Waals surface area contributed by atoms with Crippen LogP contribution in [0.25, 0.3) is 0 Å². The van der Waals surface area contributed by atoms with E-state index in [4.69, 9.17) is 10.5 Å². The van der Waals surface area contributed by atoms with Gasteiger partial charge in [0.25, 0.3) is 0 Å². The van der Waals surface area contributed by atoms with Crippen LogP contribution in [0.15, 0.2) is 0 Å². The van der Waals surface area contributed by atoms with Crippen LogP contribution in [0, 0.1) is 5.92 Å². The van der Waals surface area contributed by atoms with Crippen LogP contribution in [-0.2, 0) is 9.53 Å². The van der Waals surface area contributed by atoms with Crippen LogP contribution in [0.4, 0.5) is 0 Å². The molecule has 0 saturated heterocycles. The highest BCUT2D eigenvalue weighted by Gasteiger charge is 2.24. The minimum Gasteiger partial charge on any atom is -0.383 e. The number of rotatable bonds is 9. The Labute approximate surface area is 105 Å². The van der Waals surface area contributed by atoms with E-state index in [0.29, 0.717) is 13.2 Å². The third-order valence-electron chi connectivity index (χ3n) is 3.20. The van der Waals surface area contributed by atoms with Gasteiger partial charge in [-0.1, -0.05) is 33.6 Å². The largest absolute Gasteiger partial charge is 0.383 e. The summed E-state index contributed by atoms with van der Waals surface area (Å²) in [4.78, 5) is 14.0. The highest BCUT2D eigenvalue weighted by atomic mass is 16.5. The molecule has 0 aliphatic rings. The van der Waals surface area contributed by atoms with E-state index in [2.05, 4.69) is 13.8 Å². The van der Waals surface area contributed by atoms with Crippen molar-refractivity contribution >= 4 is 5.91 Å². The molecule has 0 aromatic heterocycles. The normalized spacial score (nSPS) is 14.4. The summed E-state index contributed by atoms with van der Waals surface area (Å²) in [5.41, 5.74) is 5.98. The standard InChI is InChI=1S/C13H28N2O2/c1-5-7-8-15(9-10-17-4)13(16)12(14)11(3)6-2/h11-12H,5-10,14H2,1-4H3. The average molecular weight is 244 g/mol. The number of amides is 1. The molecule has 4 nitrogen and oxygen atoms in total. The van der Waals surface area contributed by atoms with E-state index in [1.54, 1.807) is 7.11 Å². The molecule has 0 aromatic rings. The van der Waals surface area contributed by atoms with Crippen LogP contribution in [0.3, 0.4) is 0 Å². The minimum atomic E-state index is -0.381. The predicted molar refractivity (Wildman–Crippen MR) is 70.8 cm³/mol. The Morgan fingerprint density at radius 3 is 2.47 bits per heavy atom. The first kappa shape index (κ1) is 16.4. The number of nitrogens with zero attached hydrogens (tertiary/aromatic N) is 1. The van der Waals surface area contributed by atoms with Crippen molar-refractivity contribution in [1.82, 2.24) is 4.90 Å². The fraction of sp³-hybridized carbons (Fsp3) is 0.923. The molecule has 4 heteroatoms. The Morgan fingerprint density at radius 1 is 1.35 bits per heavy atom. The minimum absolute atomic E-state index is 0.0600. The Bertz CT molecular complexity index is 202. The number of ether oxygens (including phenoxy) is 1. The maximum atomic E-state index is 12.2. The van der Waals surface area contributed by atoms with Crippen molar-refractivity contribution in [2.24, 2.45) is 11.7 Å². The Hall–Kier alpha value is -0.610. The van der Waals surface area contributed by atoms with Gasteiger partial charge in [0.05, 0.1) is 12.6 Å². The highest BCUT2D eigenvalue weighted by molar-refractivity contribution is 5.81. The molecule has 0 spiro atoms. The monoisotopic (exact) mass is 244 g/mol. The first-order chi connectivity index (χ1) is 8.08. The van der Waals surface area contributed by atoms with Gasteiger partial charge in [-0.2, -0.15) is 0 Å². The Morgan fingerprint density at radius 2 is 2.00 bits per heavy atom. The fourth-order valence-corrected chi connectivity index (χ4v) is 1.59. The summed E-state index contributed by atoms with van der Waals surface area (Å²) in [5.74, 6) is 0.291. The number of hydrogen-bond acceptors (Lipinski definition) is 3. The quantitative estimate of drug-likeness (QED) is 0.671. The van der Waals surface area contributed by atoms with Crippen molar-refractivity contribution in [2.75, 3.05) is 26.8 Å². The van der Waals surface area contributed by atoms with Gasteiger partial charge in [0, 0.05) is 20.2 Å². The van der Waals surface area contributed by atoms with Crippen LogP contribution >= 0.6 is 0 Å². The molecule has 17 heavy (non-hydrogen) atoms. The van der Waals surface area contributed by atoms with Gasteiger partial charge in [-0.3, -0.25) is 4.79 Å². The lowest BCUT2D eigenvalue weighted by molar-refractivity contribution is -0.134. The molecule has 0 saturated carbocycles. The zero-order valence-corrected chi connectivity index (χ0v) is 11.7. The highest BCUT2D eigenvalue weighted by Crippen LogP contribution is 2.09. The molecule has 102 valence electrons. The third-order valence-corrected chi connectivity index (χ3v) is 3.20. The number of nitrogens with two attached hydrogens (primary N) is 1. The number of hydrogen-bond donors (Lipinski definition) is 1. The zero-order chi connectivity index (χ0) is 13.3. The van der Waals surface area contributed by atoms with Crippen molar-refractivity contribution in [3.8, 4) is 0 Å². The lowest BCUT2D eigenvalue weighted by atomic mass is 9.99. The second kappa shape index (κ2) is 9.42. The molecule has 2 N–H and O–H groups in total. The van der Waals surface area contributed by atoms with Crippen LogP contribution in [0.1, 0.15) is 40.0 Å². The van der Waals surface area contributed by atoms with Gasteiger partial charge in [0.1, 0.15) is 0 Å². The van der Waals surface area contributed by atoms with E-state index in [-0.39, 0.29) is 17.9 Å². The first-order valence-electron chi connectivity index (χ1n) is 6.61. The van der Waals surface area contributed by atoms with Crippen LogP contribution in [0.2, 0.25) is 0 Å². The Kier molecular flexibility index (Phi) is 9.09. The van der Waals surface area contributed by atoms with Crippen LogP contribution in [0.5, 0.6) is 0 Å². The van der Waals surface area contributed by atoms with Crippen LogP contribution in [-0.4, -0.2) is 43.7 Å². The van der Waals surface area contributed by atoms with Crippen molar-refractivity contribution in [1.29, 1.82) is 0 Å². The lowest BCUT2D eigenvalue weighted by Gasteiger charge is -2.27. The molecule has 0 aliphatic carbocycles. The van der Waals surface area contributed by atoms with Crippen molar-refractivity contribution in [3.05, 3.63) is 0 Å². The van der Waals surface area contributed by atoms with Crippen molar-refractivity contribution in [3.63, 3.8) is 0 Å². The van der Waals surface area contributed by atoms with Gasteiger partial charge in [0.2, 0.25) is 5.91 Å². The molecular weight excluding hydrogens is 216 g/mol. The van der Waals surface area contributed by atoms with Gasteiger partial charge < -0.3 is 15.4 Å². The van der Waals surface area contributed by atoms with E-state index >= 15 is 0 Å². The van der Waals surface area contributed by atoms with E-state index < -0.39 is 0 Å². The summed E-state index contributed by atoms with van der Waals surface area (Å²) in [6.45, 7) is 8.19. The summed E-state index contributed by atoms with van der Waals surface area (Å²) in [5, 5.41) is 0. The predicted octanol–water partition coefficient (Wildman–Crippen LogP) is 1.63. The fourth-order valence-electron chi connectivity index (χ4n) is 1.59. The molecule has 2 atom stereocenters. The van der Waals surface area contributed by atoms with E-state index in [1.165, 1.54) is 0 Å². The smallest absolute Gasteiger partial charge is 0.239 e. The summed E-state index contributed by atoms with van der Waals surface area (Å²) in [6.07, 6.45) is 3.02. The molecule has 0 heterocycles. The van der Waals surface area contributed by atoms with Gasteiger partial charge in [-0.05, 0) is 12.3 Å². The first-order valence-corrected chi connectivity index (χ1v) is 6.61. The average Bonchev–Trinajstić information content (AvgIpc) is 2.36. The molecular formula is C13H28N2O2. The van der Waals surface area contributed by atoms with E-state index in [9.17, 15) is 4.79 Å². The van der Waals surface area contributed by atoms with E-state index in [0.717, 1.165) is 25.8 Å². The number of carbonyl (C=O) groups excluding carboxylic acids is 1. The Balaban J connectivity index is 4.38. The van der Waals surface area contributed by atoms with Crippen molar-refractivity contribution in [2.45, 2.75) is 46.1 Å². The zero-order valence-electron chi connectivity index (χ0n) is 11.7. The summed E-state index contributed by atoms with van der Waals surface area (Å²) >= 11 is 0. The number of carbonyl (C=O) groups is 1. The molecule has 0 aliphatic heterocycles. The summed E-state index contributed by atoms with van der Waals surface area (Å²) in [6, 6.07) is -0.381. The maximum Gasteiger partial charge on any atom is 0.239 e. The van der Waals surface area contributed by atoms with Crippen molar-refractivity contribution < 1.29 is 9.53 Å². The molecule has 0 rings (SSSR count). The topological polar surface area (TPSA) is 55.6 Å². The number of methoxy groups -OCH3 is 1. The summed E-state index contributed by atoms with van der Waals surface area (Å²) < 4.78 is 5.03. The van der Waals surface area contributed by atoms with Gasteiger partial charge in [-0.15, -0.1) is 0 Å². The van der Waals surface area contributed by atoms with Gasteiger partial charge >= 0.3 is 0 Å². The molecule has 0 radical (unpaired) electrons. The summed E-state index contributed by atoms with van der Waals surface area (Å²) in [7, 11) is 1.65. The maximum absolute atomic E-state index is 12.2. The molecule has 1 amide bonds. The molecule has 0 bridgehead atoms. The van der Waals surface area contributed by atoms with E-state index in [1.807, 2.05) is 11.8 Å². The van der Waals surface area contributed by atoms with Gasteiger partial charge in [0.15, 0.2) is 0 Å². The van der Waals surface area contributed by atoms with Crippen LogP contribution < -0.4 is 5.73 Å². The second-order valence-corrected chi connectivity index (χ2v) is 4.58. The van der Waals surface area contributed by atoms with Gasteiger partial charge in [-0.25, -0.2) is 0 Å². The third kappa shape index (κ3) is 6.03. The second-order valence-electron chi connectivity index (χ2n) is 4.58.